The van der Waals surface area contributed by atoms with E-state index in [1.54, 1.807) is 0 Å². The highest BCUT2D eigenvalue weighted by Crippen LogP contribution is 2.29. The first-order valence-corrected chi connectivity index (χ1v) is 9.05. The van der Waals surface area contributed by atoms with Crippen LogP contribution in [0.15, 0.2) is 30.5 Å². The van der Waals surface area contributed by atoms with Crippen molar-refractivity contribution in [2.24, 2.45) is 0 Å². The fourth-order valence-corrected chi connectivity index (χ4v) is 3.16. The normalized spacial score (nSPS) is 16.6. The zero-order chi connectivity index (χ0) is 17.8. The van der Waals surface area contributed by atoms with Crippen LogP contribution in [0.25, 0.3) is 0 Å². The van der Waals surface area contributed by atoms with E-state index in [0.29, 0.717) is 6.04 Å². The van der Waals surface area contributed by atoms with Crippen LogP contribution in [0.5, 0.6) is 5.75 Å². The lowest BCUT2D eigenvalue weighted by molar-refractivity contribution is 0.242. The van der Waals surface area contributed by atoms with E-state index in [1.165, 1.54) is 16.8 Å². The number of fused-ring (bicyclic) bond motifs is 1. The van der Waals surface area contributed by atoms with Gasteiger partial charge in [-0.15, -0.1) is 0 Å². The van der Waals surface area contributed by atoms with E-state index in [2.05, 4.69) is 22.4 Å². The van der Waals surface area contributed by atoms with Crippen molar-refractivity contribution in [2.45, 2.75) is 51.8 Å². The Bertz CT molecular complexity index is 697. The Kier molecular flexibility index (Phi) is 5.53. The fourth-order valence-electron chi connectivity index (χ4n) is 3.16. The first-order valence-electron chi connectivity index (χ1n) is 9.05. The monoisotopic (exact) mass is 340 g/mol. The van der Waals surface area contributed by atoms with Crippen molar-refractivity contribution in [1.29, 1.82) is 0 Å². The Morgan fingerprint density at radius 3 is 2.68 bits per heavy atom. The van der Waals surface area contributed by atoms with Gasteiger partial charge in [-0.2, -0.15) is 0 Å². The topological polar surface area (TPSA) is 50.3 Å². The first kappa shape index (κ1) is 17.7. The number of aryl methyl sites for hydroxylation is 1. The third-order valence-corrected chi connectivity index (χ3v) is 4.42. The summed E-state index contributed by atoms with van der Waals surface area (Å²) in [6, 6.07) is 8.66. The van der Waals surface area contributed by atoms with Gasteiger partial charge in [-0.05, 0) is 50.8 Å². The van der Waals surface area contributed by atoms with Gasteiger partial charge in [0.2, 0.25) is 5.95 Å². The Balaban J connectivity index is 1.65. The zero-order valence-corrected chi connectivity index (χ0v) is 15.6. The maximum absolute atomic E-state index is 5.70. The molecule has 0 saturated heterocycles. The largest absolute Gasteiger partial charge is 0.491 e. The SMILES string of the molecule is CC(C)Oc1ccc(CN[C@@H]2CCCc3nc(N(C)C)ncc32)cc1. The Morgan fingerprint density at radius 1 is 1.24 bits per heavy atom. The van der Waals surface area contributed by atoms with Crippen LogP contribution in [0.2, 0.25) is 0 Å². The number of rotatable bonds is 6. The second-order valence-electron chi connectivity index (χ2n) is 7.10. The standard InChI is InChI=1S/C20H28N4O/c1-14(2)25-16-10-8-15(9-11-16)12-21-18-6-5-7-19-17(18)13-22-20(23-19)24(3)4/h8-11,13-14,18,21H,5-7,12H2,1-4H3/t18-/m1/s1. The highest BCUT2D eigenvalue weighted by Gasteiger charge is 2.22. The molecule has 1 aliphatic rings. The summed E-state index contributed by atoms with van der Waals surface area (Å²) in [7, 11) is 3.96. The van der Waals surface area contributed by atoms with Gasteiger partial charge in [0.15, 0.2) is 0 Å². The molecule has 5 nitrogen and oxygen atoms in total. The molecule has 0 amide bonds. The predicted molar refractivity (Wildman–Crippen MR) is 101 cm³/mol. The molecule has 25 heavy (non-hydrogen) atoms. The van der Waals surface area contributed by atoms with E-state index in [9.17, 15) is 0 Å². The fraction of sp³-hybridized carbons (Fsp3) is 0.500. The average Bonchev–Trinajstić information content (AvgIpc) is 2.60. The van der Waals surface area contributed by atoms with E-state index in [4.69, 9.17) is 9.72 Å². The van der Waals surface area contributed by atoms with E-state index in [0.717, 1.165) is 37.5 Å². The number of benzene rings is 1. The summed E-state index contributed by atoms with van der Waals surface area (Å²) in [4.78, 5) is 11.2. The second kappa shape index (κ2) is 7.83. The van der Waals surface area contributed by atoms with Crippen molar-refractivity contribution in [1.82, 2.24) is 15.3 Å². The van der Waals surface area contributed by atoms with Gasteiger partial charge in [0, 0.05) is 38.4 Å². The van der Waals surface area contributed by atoms with E-state index in [1.807, 2.05) is 51.2 Å². The highest BCUT2D eigenvalue weighted by molar-refractivity contribution is 5.34. The van der Waals surface area contributed by atoms with Gasteiger partial charge < -0.3 is 15.0 Å². The number of hydrogen-bond acceptors (Lipinski definition) is 5. The van der Waals surface area contributed by atoms with E-state index >= 15 is 0 Å². The molecule has 134 valence electrons. The number of aromatic nitrogens is 2. The zero-order valence-electron chi connectivity index (χ0n) is 15.6. The molecule has 3 rings (SSSR count). The highest BCUT2D eigenvalue weighted by atomic mass is 16.5. The predicted octanol–water partition coefficient (Wildman–Crippen LogP) is 3.50. The lowest BCUT2D eigenvalue weighted by atomic mass is 9.92. The minimum absolute atomic E-state index is 0.203. The smallest absolute Gasteiger partial charge is 0.225 e. The maximum atomic E-state index is 5.70. The van der Waals surface area contributed by atoms with Crippen LogP contribution < -0.4 is 15.0 Å². The van der Waals surface area contributed by atoms with Gasteiger partial charge >= 0.3 is 0 Å². The van der Waals surface area contributed by atoms with Gasteiger partial charge in [0.05, 0.1) is 11.8 Å². The Morgan fingerprint density at radius 2 is 2.00 bits per heavy atom. The summed E-state index contributed by atoms with van der Waals surface area (Å²) < 4.78 is 5.70. The molecule has 0 radical (unpaired) electrons. The van der Waals surface area contributed by atoms with Crippen LogP contribution >= 0.6 is 0 Å². The van der Waals surface area contributed by atoms with Gasteiger partial charge in [-0.3, -0.25) is 0 Å². The van der Waals surface area contributed by atoms with Crippen LogP contribution in [-0.2, 0) is 13.0 Å². The molecule has 1 aromatic heterocycles. The molecule has 1 aromatic carbocycles. The third kappa shape index (κ3) is 4.48. The summed E-state index contributed by atoms with van der Waals surface area (Å²) >= 11 is 0. The Hall–Kier alpha value is -2.14. The van der Waals surface area contributed by atoms with Crippen molar-refractivity contribution in [3.8, 4) is 5.75 Å². The number of hydrogen-bond donors (Lipinski definition) is 1. The van der Waals surface area contributed by atoms with Crippen LogP contribution in [0.1, 0.15) is 49.6 Å². The molecule has 1 aliphatic carbocycles. The molecular weight excluding hydrogens is 312 g/mol. The number of nitrogens with one attached hydrogen (secondary N) is 1. The van der Waals surface area contributed by atoms with Gasteiger partial charge in [-0.25, -0.2) is 9.97 Å². The number of nitrogens with zero attached hydrogens (tertiary/aromatic N) is 3. The summed E-state index contributed by atoms with van der Waals surface area (Å²) in [5.41, 5.74) is 3.69. The van der Waals surface area contributed by atoms with Crippen LogP contribution in [0, 0.1) is 0 Å². The summed E-state index contributed by atoms with van der Waals surface area (Å²) in [6.45, 7) is 4.92. The quantitative estimate of drug-likeness (QED) is 0.872. The Labute approximate surface area is 150 Å². The van der Waals surface area contributed by atoms with Crippen LogP contribution in [0.4, 0.5) is 5.95 Å². The lowest BCUT2D eigenvalue weighted by Gasteiger charge is -2.26. The molecule has 0 bridgehead atoms. The van der Waals surface area contributed by atoms with Gasteiger partial charge in [0.1, 0.15) is 5.75 Å². The second-order valence-corrected chi connectivity index (χ2v) is 7.10. The molecule has 0 spiro atoms. The molecule has 0 unspecified atom stereocenters. The summed E-state index contributed by atoms with van der Waals surface area (Å²) in [5, 5.41) is 3.67. The van der Waals surface area contributed by atoms with Crippen molar-refractivity contribution in [3.63, 3.8) is 0 Å². The third-order valence-electron chi connectivity index (χ3n) is 4.42. The number of ether oxygens (including phenoxy) is 1. The molecule has 0 fully saturated rings. The van der Waals surface area contributed by atoms with Crippen LogP contribution in [-0.4, -0.2) is 30.2 Å². The van der Waals surface area contributed by atoms with Gasteiger partial charge in [0.25, 0.3) is 0 Å². The lowest BCUT2D eigenvalue weighted by Crippen LogP contribution is -2.26. The molecule has 2 aromatic rings. The molecule has 1 heterocycles. The van der Waals surface area contributed by atoms with Gasteiger partial charge in [-0.1, -0.05) is 12.1 Å². The van der Waals surface area contributed by atoms with Crippen molar-refractivity contribution in [3.05, 3.63) is 47.3 Å². The summed E-state index contributed by atoms with van der Waals surface area (Å²) in [6.07, 6.45) is 5.53. The molecule has 0 saturated carbocycles. The first-order chi connectivity index (χ1) is 12.0. The van der Waals surface area contributed by atoms with Crippen molar-refractivity contribution < 1.29 is 4.74 Å². The minimum atomic E-state index is 0.203. The molecule has 0 aliphatic heterocycles. The molecule has 5 heteroatoms. The van der Waals surface area contributed by atoms with Crippen molar-refractivity contribution >= 4 is 5.95 Å². The number of anilines is 1. The van der Waals surface area contributed by atoms with E-state index in [-0.39, 0.29) is 6.10 Å². The van der Waals surface area contributed by atoms with Crippen molar-refractivity contribution in [2.75, 3.05) is 19.0 Å². The molecule has 1 N–H and O–H groups in total. The molecule has 1 atom stereocenters. The molecular formula is C20H28N4O. The summed E-state index contributed by atoms with van der Waals surface area (Å²) in [5.74, 6) is 1.71. The van der Waals surface area contributed by atoms with E-state index < -0.39 is 0 Å². The maximum Gasteiger partial charge on any atom is 0.225 e. The van der Waals surface area contributed by atoms with Crippen LogP contribution in [0.3, 0.4) is 0 Å². The minimum Gasteiger partial charge on any atom is -0.491 e. The average molecular weight is 340 g/mol.